The first-order chi connectivity index (χ1) is 11.4. The van der Waals surface area contributed by atoms with Gasteiger partial charge in [-0.3, -0.25) is 4.79 Å². The summed E-state index contributed by atoms with van der Waals surface area (Å²) in [5.74, 6) is -1.22. The molecule has 0 fully saturated rings. The smallest absolute Gasteiger partial charge is 0.342 e. The van der Waals surface area contributed by atoms with Gasteiger partial charge in [-0.15, -0.1) is 0 Å². The number of phenolic OH excluding ortho intramolecular Hbond substituents is 1. The molecule has 2 rings (SSSR count). The number of benzene rings is 2. The highest BCUT2D eigenvalue weighted by Crippen LogP contribution is 2.24. The summed E-state index contributed by atoms with van der Waals surface area (Å²) in [7, 11) is 1.44. The molecule has 0 aliphatic rings. The molecule has 0 aliphatic heterocycles. The zero-order chi connectivity index (χ0) is 17.7. The number of methoxy groups -OCH3 is 1. The van der Waals surface area contributed by atoms with Crippen molar-refractivity contribution >= 4 is 29.2 Å². The number of carbonyl (C=O) groups is 2. The second-order valence-electron chi connectivity index (χ2n) is 4.97. The number of anilines is 1. The molecule has 0 spiro atoms. The van der Waals surface area contributed by atoms with Crippen molar-refractivity contribution in [3.8, 4) is 11.5 Å². The Hall–Kier alpha value is -2.73. The summed E-state index contributed by atoms with van der Waals surface area (Å²) in [6.07, 6.45) is 0. The number of hydrogen-bond donors (Lipinski definition) is 2. The van der Waals surface area contributed by atoms with Crippen LogP contribution in [0.2, 0.25) is 5.02 Å². The number of hydrogen-bond acceptors (Lipinski definition) is 5. The second kappa shape index (κ2) is 7.70. The van der Waals surface area contributed by atoms with Gasteiger partial charge in [0.25, 0.3) is 5.91 Å². The highest BCUT2D eigenvalue weighted by Gasteiger charge is 2.15. The summed E-state index contributed by atoms with van der Waals surface area (Å²) >= 11 is 5.97. The Labute approximate surface area is 144 Å². The van der Waals surface area contributed by atoms with Crippen LogP contribution in [0, 0.1) is 6.92 Å². The summed E-state index contributed by atoms with van der Waals surface area (Å²) in [6.45, 7) is 1.35. The normalized spacial score (nSPS) is 10.1. The lowest BCUT2D eigenvalue weighted by molar-refractivity contribution is -0.119. The summed E-state index contributed by atoms with van der Waals surface area (Å²) < 4.78 is 9.81. The Morgan fingerprint density at radius 1 is 1.21 bits per heavy atom. The van der Waals surface area contributed by atoms with Crippen LogP contribution >= 0.6 is 11.6 Å². The maximum atomic E-state index is 11.9. The fourth-order valence-corrected chi connectivity index (χ4v) is 2.07. The van der Waals surface area contributed by atoms with Crippen LogP contribution in [0.25, 0.3) is 0 Å². The van der Waals surface area contributed by atoms with Crippen molar-refractivity contribution < 1.29 is 24.2 Å². The van der Waals surface area contributed by atoms with Gasteiger partial charge in [-0.05, 0) is 36.8 Å². The zero-order valence-corrected chi connectivity index (χ0v) is 13.9. The van der Waals surface area contributed by atoms with E-state index in [0.29, 0.717) is 16.5 Å². The van der Waals surface area contributed by atoms with E-state index in [4.69, 9.17) is 21.1 Å². The van der Waals surface area contributed by atoms with Crippen LogP contribution in [0.15, 0.2) is 36.4 Å². The predicted octanol–water partition coefficient (Wildman–Crippen LogP) is 3.16. The summed E-state index contributed by atoms with van der Waals surface area (Å²) in [5, 5.41) is 12.8. The average Bonchev–Trinajstić information content (AvgIpc) is 2.56. The molecule has 0 aliphatic carbocycles. The molecule has 24 heavy (non-hydrogen) atoms. The van der Waals surface area contributed by atoms with Gasteiger partial charge in [-0.25, -0.2) is 4.79 Å². The van der Waals surface area contributed by atoms with Gasteiger partial charge >= 0.3 is 5.97 Å². The van der Waals surface area contributed by atoms with Gasteiger partial charge in [0.15, 0.2) is 6.61 Å². The standard InChI is InChI=1S/C17H16ClNO5/c1-10-3-4-11(7-14(10)18)19-16(21)9-24-17(22)13-6-5-12(23-2)8-15(13)20/h3-8,20H,9H2,1-2H3,(H,19,21). The fraction of sp³-hybridized carbons (Fsp3) is 0.176. The maximum absolute atomic E-state index is 11.9. The first kappa shape index (κ1) is 17.6. The van der Waals surface area contributed by atoms with Crippen LogP contribution in [0.5, 0.6) is 11.5 Å². The number of rotatable bonds is 5. The van der Waals surface area contributed by atoms with Gasteiger partial charge in [0.2, 0.25) is 0 Å². The molecule has 2 aromatic carbocycles. The van der Waals surface area contributed by atoms with Gasteiger partial charge < -0.3 is 19.9 Å². The van der Waals surface area contributed by atoms with Gasteiger partial charge in [-0.2, -0.15) is 0 Å². The lowest BCUT2D eigenvalue weighted by Gasteiger charge is -2.09. The fourth-order valence-electron chi connectivity index (χ4n) is 1.89. The minimum atomic E-state index is -0.813. The minimum Gasteiger partial charge on any atom is -0.507 e. The number of aryl methyl sites for hydroxylation is 1. The topological polar surface area (TPSA) is 84.9 Å². The van der Waals surface area contributed by atoms with Gasteiger partial charge in [0.05, 0.1) is 7.11 Å². The molecule has 0 saturated heterocycles. The Kier molecular flexibility index (Phi) is 5.65. The number of carbonyl (C=O) groups excluding carboxylic acids is 2. The molecule has 2 N–H and O–H groups in total. The van der Waals surface area contributed by atoms with E-state index in [1.807, 2.05) is 6.92 Å². The van der Waals surface area contributed by atoms with Crippen molar-refractivity contribution in [3.05, 3.63) is 52.5 Å². The average molecular weight is 350 g/mol. The first-order valence-corrected chi connectivity index (χ1v) is 7.38. The quantitative estimate of drug-likeness (QED) is 0.810. The molecule has 0 aromatic heterocycles. The van der Waals surface area contributed by atoms with Crippen molar-refractivity contribution in [2.75, 3.05) is 19.0 Å². The molecule has 2 aromatic rings. The molecular formula is C17H16ClNO5. The number of aromatic hydroxyl groups is 1. The number of amides is 1. The van der Waals surface area contributed by atoms with Crippen molar-refractivity contribution in [1.82, 2.24) is 0 Å². The Morgan fingerprint density at radius 2 is 1.96 bits per heavy atom. The summed E-state index contributed by atoms with van der Waals surface area (Å²) in [5.41, 5.74) is 1.33. The van der Waals surface area contributed by atoms with E-state index in [0.717, 1.165) is 5.56 Å². The van der Waals surface area contributed by atoms with E-state index in [-0.39, 0.29) is 11.3 Å². The van der Waals surface area contributed by atoms with Crippen LogP contribution in [-0.4, -0.2) is 30.7 Å². The van der Waals surface area contributed by atoms with Crippen LogP contribution in [-0.2, 0) is 9.53 Å². The molecule has 0 heterocycles. The lowest BCUT2D eigenvalue weighted by atomic mass is 10.2. The largest absolute Gasteiger partial charge is 0.507 e. The highest BCUT2D eigenvalue weighted by molar-refractivity contribution is 6.31. The second-order valence-corrected chi connectivity index (χ2v) is 5.38. The Morgan fingerprint density at radius 3 is 2.58 bits per heavy atom. The number of phenols is 1. The molecule has 0 unspecified atom stereocenters. The van der Waals surface area contributed by atoms with Crippen LogP contribution in [0.3, 0.4) is 0 Å². The van der Waals surface area contributed by atoms with E-state index in [1.165, 1.54) is 25.3 Å². The number of ether oxygens (including phenoxy) is 2. The predicted molar refractivity (Wildman–Crippen MR) is 89.8 cm³/mol. The molecule has 1 amide bonds. The van der Waals surface area contributed by atoms with E-state index >= 15 is 0 Å². The molecule has 6 nitrogen and oxygen atoms in total. The van der Waals surface area contributed by atoms with Crippen LogP contribution in [0.1, 0.15) is 15.9 Å². The van der Waals surface area contributed by atoms with Crippen LogP contribution in [0.4, 0.5) is 5.69 Å². The third-order valence-electron chi connectivity index (χ3n) is 3.21. The Bertz CT molecular complexity index is 776. The van der Waals surface area contributed by atoms with Crippen molar-refractivity contribution in [1.29, 1.82) is 0 Å². The zero-order valence-electron chi connectivity index (χ0n) is 13.1. The van der Waals surface area contributed by atoms with Crippen molar-refractivity contribution in [3.63, 3.8) is 0 Å². The molecule has 0 radical (unpaired) electrons. The lowest BCUT2D eigenvalue weighted by Crippen LogP contribution is -2.21. The highest BCUT2D eigenvalue weighted by atomic mass is 35.5. The monoisotopic (exact) mass is 349 g/mol. The molecule has 126 valence electrons. The third-order valence-corrected chi connectivity index (χ3v) is 3.62. The summed E-state index contributed by atoms with van der Waals surface area (Å²) in [4.78, 5) is 23.7. The van der Waals surface area contributed by atoms with Gasteiger partial charge in [0, 0.05) is 16.8 Å². The van der Waals surface area contributed by atoms with Crippen molar-refractivity contribution in [2.24, 2.45) is 0 Å². The van der Waals surface area contributed by atoms with E-state index in [2.05, 4.69) is 5.32 Å². The molecule has 0 atom stereocenters. The Balaban J connectivity index is 1.93. The SMILES string of the molecule is COc1ccc(C(=O)OCC(=O)Nc2ccc(C)c(Cl)c2)c(O)c1. The van der Waals surface area contributed by atoms with Crippen LogP contribution < -0.4 is 10.1 Å². The third kappa shape index (κ3) is 4.39. The van der Waals surface area contributed by atoms with E-state index in [1.54, 1.807) is 18.2 Å². The molecular weight excluding hydrogens is 334 g/mol. The number of nitrogens with one attached hydrogen (secondary N) is 1. The molecule has 0 saturated carbocycles. The minimum absolute atomic E-state index is 0.0537. The molecule has 0 bridgehead atoms. The van der Waals surface area contributed by atoms with Crippen molar-refractivity contribution in [2.45, 2.75) is 6.92 Å². The van der Waals surface area contributed by atoms with Gasteiger partial charge in [-0.1, -0.05) is 17.7 Å². The number of halogens is 1. The van der Waals surface area contributed by atoms with E-state index < -0.39 is 18.5 Å². The maximum Gasteiger partial charge on any atom is 0.342 e. The molecule has 7 heteroatoms. The first-order valence-electron chi connectivity index (χ1n) is 7.01. The van der Waals surface area contributed by atoms with Gasteiger partial charge in [0.1, 0.15) is 17.1 Å². The summed E-state index contributed by atoms with van der Waals surface area (Å²) in [6, 6.07) is 9.20. The number of esters is 1. The van der Waals surface area contributed by atoms with E-state index in [9.17, 15) is 14.7 Å².